The lowest BCUT2D eigenvalue weighted by molar-refractivity contribution is -0.318. The van der Waals surface area contributed by atoms with Crippen LogP contribution in [0, 0.1) is 0 Å². The summed E-state index contributed by atoms with van der Waals surface area (Å²) in [6.45, 7) is 19.9. The maximum absolute atomic E-state index is 11.8. The Morgan fingerprint density at radius 2 is 1.53 bits per heavy atom. The lowest BCUT2D eigenvalue weighted by Crippen LogP contribution is -2.60. The summed E-state index contributed by atoms with van der Waals surface area (Å²) in [7, 11) is 1.11. The second kappa shape index (κ2) is 13.2. The Hall–Kier alpha value is 0.334. The highest BCUT2D eigenvalue weighted by molar-refractivity contribution is 14.1. The van der Waals surface area contributed by atoms with E-state index in [0.29, 0.717) is 0 Å². The minimum atomic E-state index is -2.17. The summed E-state index contributed by atoms with van der Waals surface area (Å²) < 4.78 is 37.9. The van der Waals surface area contributed by atoms with Crippen molar-refractivity contribution in [2.45, 2.75) is 115 Å². The lowest BCUT2D eigenvalue weighted by Gasteiger charge is -2.46. The van der Waals surface area contributed by atoms with Crippen molar-refractivity contribution < 1.29 is 32.9 Å². The molecule has 34 heavy (non-hydrogen) atoms. The summed E-state index contributed by atoms with van der Waals surface area (Å²) in [5.74, 6) is 0. The Balaban J connectivity index is 3.40. The molecular formula is C24H47IO7Si2. The molecule has 0 aliphatic carbocycles. The van der Waals surface area contributed by atoms with Gasteiger partial charge in [-0.25, -0.2) is 0 Å². The van der Waals surface area contributed by atoms with Crippen molar-refractivity contribution in [2.24, 2.45) is 0 Å². The molecule has 10 heteroatoms. The molecule has 1 aliphatic heterocycles. The van der Waals surface area contributed by atoms with Crippen molar-refractivity contribution in [1.29, 1.82) is 0 Å². The van der Waals surface area contributed by atoms with Gasteiger partial charge in [-0.15, -0.1) is 0 Å². The molecule has 0 saturated carbocycles. The number of methoxy groups -OCH3 is 3. The Morgan fingerprint density at radius 3 is 1.94 bits per heavy atom. The van der Waals surface area contributed by atoms with Crippen LogP contribution in [-0.2, 0) is 32.9 Å². The molecule has 0 bridgehead atoms. The number of carbonyl (C=O) groups is 1. The fourth-order valence-electron chi connectivity index (χ4n) is 3.59. The van der Waals surface area contributed by atoms with Crippen LogP contribution in [0.25, 0.3) is 0 Å². The molecule has 0 spiro atoms. The van der Waals surface area contributed by atoms with Gasteiger partial charge >= 0.3 is 0 Å². The Morgan fingerprint density at radius 1 is 1.00 bits per heavy atom. The maximum atomic E-state index is 11.8. The zero-order valence-electron chi connectivity index (χ0n) is 23.1. The van der Waals surface area contributed by atoms with Gasteiger partial charge in [0.15, 0.2) is 14.6 Å². The van der Waals surface area contributed by atoms with Gasteiger partial charge in [0.05, 0.1) is 26.4 Å². The molecule has 0 amide bonds. The average molecular weight is 631 g/mol. The molecule has 1 heterocycles. The molecule has 0 aromatic carbocycles. The topological polar surface area (TPSA) is 72.5 Å². The lowest BCUT2D eigenvalue weighted by atomic mass is 9.99. The molecule has 1 fully saturated rings. The highest BCUT2D eigenvalue weighted by atomic mass is 127. The van der Waals surface area contributed by atoms with Gasteiger partial charge in [-0.3, -0.25) is 0 Å². The fraction of sp³-hybridized carbons (Fsp3) is 0.875. The SMILES string of the molecule is CO[C@@H]1[C@@H](OC)[C@H](C)O[C@@H](O[C@@H](CC=O)[C@@H](/C=C(/I)[Si](C)(C)C)O[Si](C)(C)C(C)(C)C)[C@@H]1OC. The third-order valence-electron chi connectivity index (χ3n) is 6.81. The first-order valence-corrected chi connectivity index (χ1v) is 19.4. The Labute approximate surface area is 222 Å². The van der Waals surface area contributed by atoms with Crippen molar-refractivity contribution in [2.75, 3.05) is 21.3 Å². The summed E-state index contributed by atoms with van der Waals surface area (Å²) in [5, 5.41) is 0.00711. The molecule has 1 rings (SSSR count). The van der Waals surface area contributed by atoms with Crippen molar-refractivity contribution in [3.8, 4) is 0 Å². The third-order valence-corrected chi connectivity index (χ3v) is 18.1. The number of aldehydes is 1. The van der Waals surface area contributed by atoms with Crippen LogP contribution in [0.4, 0.5) is 0 Å². The van der Waals surface area contributed by atoms with E-state index in [1.165, 1.54) is 3.20 Å². The van der Waals surface area contributed by atoms with Gasteiger partial charge in [0, 0.05) is 27.8 Å². The van der Waals surface area contributed by atoms with Gasteiger partial charge in [0.25, 0.3) is 0 Å². The van der Waals surface area contributed by atoms with E-state index >= 15 is 0 Å². The summed E-state index contributed by atoms with van der Waals surface area (Å²) in [5.41, 5.74) is 0. The summed E-state index contributed by atoms with van der Waals surface area (Å²) in [4.78, 5) is 11.8. The van der Waals surface area contributed by atoms with E-state index in [9.17, 15) is 4.79 Å². The van der Waals surface area contributed by atoms with E-state index in [1.54, 1.807) is 21.3 Å². The summed E-state index contributed by atoms with van der Waals surface area (Å²) in [6.07, 6.45) is 0.120. The zero-order chi connectivity index (χ0) is 26.5. The Kier molecular flexibility index (Phi) is 12.6. The molecule has 0 radical (unpaired) electrons. The quantitative estimate of drug-likeness (QED) is 0.164. The molecule has 1 aliphatic rings. The molecular weight excluding hydrogens is 583 g/mol. The average Bonchev–Trinajstić information content (AvgIpc) is 2.70. The highest BCUT2D eigenvalue weighted by Gasteiger charge is 2.48. The predicted octanol–water partition coefficient (Wildman–Crippen LogP) is 5.34. The zero-order valence-corrected chi connectivity index (χ0v) is 27.3. The van der Waals surface area contributed by atoms with Gasteiger partial charge < -0.3 is 32.9 Å². The highest BCUT2D eigenvalue weighted by Crippen LogP contribution is 2.39. The van der Waals surface area contributed by atoms with E-state index in [-0.39, 0.29) is 35.9 Å². The molecule has 7 nitrogen and oxygen atoms in total. The van der Waals surface area contributed by atoms with Crippen LogP contribution < -0.4 is 0 Å². The summed E-state index contributed by atoms with van der Waals surface area (Å²) >= 11 is 2.42. The van der Waals surface area contributed by atoms with Crippen LogP contribution >= 0.6 is 22.6 Å². The first-order chi connectivity index (χ1) is 15.5. The van der Waals surface area contributed by atoms with Crippen LogP contribution in [0.1, 0.15) is 34.1 Å². The van der Waals surface area contributed by atoms with Crippen molar-refractivity contribution in [3.63, 3.8) is 0 Å². The number of ether oxygens (including phenoxy) is 5. The number of hydrogen-bond acceptors (Lipinski definition) is 7. The van der Waals surface area contributed by atoms with Crippen LogP contribution in [0.3, 0.4) is 0 Å². The first kappa shape index (κ1) is 32.4. The smallest absolute Gasteiger partial charge is 0.193 e. The molecule has 0 aromatic heterocycles. The van der Waals surface area contributed by atoms with E-state index in [1.807, 2.05) is 6.92 Å². The molecule has 7 atom stereocenters. The standard InChI is InChI=1S/C24H47IO7Si2/c1-16-20(27-5)21(28-6)22(29-7)23(30-16)31-17(13-14-26)18(15-19(25)33(8,9)10)32-34(11,12)24(2,3)4/h14-18,20-23H,13H2,1-12H3/b19-15-/t16-,17-,18+,20-,21+,22+,23-/m0/s1. The Bertz CT molecular complexity index is 675. The first-order valence-electron chi connectivity index (χ1n) is 11.9. The normalized spacial score (nSPS) is 29.1. The number of halogens is 1. The predicted molar refractivity (Wildman–Crippen MR) is 150 cm³/mol. The largest absolute Gasteiger partial charge is 0.408 e. The number of rotatable bonds is 12. The molecule has 0 aromatic rings. The van der Waals surface area contributed by atoms with Crippen LogP contribution in [0.5, 0.6) is 0 Å². The van der Waals surface area contributed by atoms with Gasteiger partial charge in [-0.05, 0) is 34.3 Å². The van der Waals surface area contributed by atoms with Crippen LogP contribution in [0.2, 0.25) is 37.8 Å². The van der Waals surface area contributed by atoms with Gasteiger partial charge in [0.1, 0.15) is 24.6 Å². The number of hydrogen-bond donors (Lipinski definition) is 0. The maximum Gasteiger partial charge on any atom is 0.193 e. The van der Waals surface area contributed by atoms with E-state index in [0.717, 1.165) is 6.29 Å². The molecule has 0 N–H and O–H groups in total. The van der Waals surface area contributed by atoms with E-state index in [4.69, 9.17) is 28.1 Å². The van der Waals surface area contributed by atoms with Crippen molar-refractivity contribution >= 4 is 45.3 Å². The molecule has 0 unspecified atom stereocenters. The second-order valence-corrected chi connectivity index (χ2v) is 23.5. The second-order valence-electron chi connectivity index (χ2n) is 11.5. The fourth-order valence-corrected chi connectivity index (χ4v) is 5.86. The third kappa shape index (κ3) is 8.44. The summed E-state index contributed by atoms with van der Waals surface area (Å²) in [6, 6.07) is 0. The minimum Gasteiger partial charge on any atom is -0.408 e. The van der Waals surface area contributed by atoms with Crippen molar-refractivity contribution in [3.05, 3.63) is 9.28 Å². The number of carbonyl (C=O) groups excluding carboxylic acids is 1. The van der Waals surface area contributed by atoms with Gasteiger partial charge in [-0.2, -0.15) is 0 Å². The van der Waals surface area contributed by atoms with E-state index in [2.05, 4.69) is 82.2 Å². The van der Waals surface area contributed by atoms with E-state index < -0.39 is 34.9 Å². The molecule has 200 valence electrons. The monoisotopic (exact) mass is 630 g/mol. The van der Waals surface area contributed by atoms with Crippen LogP contribution in [0.15, 0.2) is 9.28 Å². The minimum absolute atomic E-state index is 0.00711. The van der Waals surface area contributed by atoms with Gasteiger partial charge in [-0.1, -0.05) is 63.0 Å². The van der Waals surface area contributed by atoms with Crippen LogP contribution in [-0.4, -0.2) is 86.9 Å². The van der Waals surface area contributed by atoms with Gasteiger partial charge in [0.2, 0.25) is 0 Å². The van der Waals surface area contributed by atoms with Crippen molar-refractivity contribution in [1.82, 2.24) is 0 Å². The molecule has 1 saturated heterocycles.